The SMILES string of the molecule is NCCCC[C@@H](N[C@H](CCc1ccccc1)C(=O)NCCCC[C@@H](N[C@@H](CCc1ccccc1)C(=O)O)C(=O)N1CCC[C@@H]1C(=O)O)C(=O)N1CCC[C@@H]1C(=O)O. The minimum absolute atomic E-state index is 0.223. The van der Waals surface area contributed by atoms with Gasteiger partial charge >= 0.3 is 17.9 Å². The summed E-state index contributed by atoms with van der Waals surface area (Å²) < 4.78 is 0. The van der Waals surface area contributed by atoms with Crippen molar-refractivity contribution in [3.05, 3.63) is 71.8 Å². The molecule has 0 spiro atoms. The quantitative estimate of drug-likeness (QED) is 0.0720. The summed E-state index contributed by atoms with van der Waals surface area (Å²) in [6.07, 6.45) is 6.21. The lowest BCUT2D eigenvalue weighted by molar-refractivity contribution is -0.149. The van der Waals surface area contributed by atoms with E-state index >= 15 is 0 Å². The molecule has 15 nitrogen and oxygen atoms in total. The lowest BCUT2D eigenvalue weighted by atomic mass is 10.0. The second-order valence-corrected chi connectivity index (χ2v) is 15.1. The maximum absolute atomic E-state index is 13.8. The van der Waals surface area contributed by atoms with Gasteiger partial charge in [0.2, 0.25) is 17.7 Å². The van der Waals surface area contributed by atoms with E-state index in [0.29, 0.717) is 90.1 Å². The predicted octanol–water partition coefficient (Wildman–Crippen LogP) is 2.56. The largest absolute Gasteiger partial charge is 0.480 e. The fourth-order valence-corrected chi connectivity index (χ4v) is 7.80. The molecule has 4 rings (SSSR count). The van der Waals surface area contributed by atoms with Gasteiger partial charge in [0.15, 0.2) is 0 Å². The molecule has 0 radical (unpaired) electrons. The van der Waals surface area contributed by atoms with E-state index < -0.39 is 60.1 Å². The predicted molar refractivity (Wildman–Crippen MR) is 213 cm³/mol. The first-order valence-electron chi connectivity index (χ1n) is 20.4. The van der Waals surface area contributed by atoms with Crippen LogP contribution < -0.4 is 21.7 Å². The second-order valence-electron chi connectivity index (χ2n) is 15.1. The van der Waals surface area contributed by atoms with E-state index in [1.165, 1.54) is 9.80 Å². The zero-order chi connectivity index (χ0) is 41.2. The highest BCUT2D eigenvalue weighted by molar-refractivity contribution is 5.89. The van der Waals surface area contributed by atoms with Gasteiger partial charge in [-0.25, -0.2) is 9.59 Å². The minimum Gasteiger partial charge on any atom is -0.480 e. The number of aliphatic carboxylic acids is 3. The molecule has 2 aliphatic heterocycles. The van der Waals surface area contributed by atoms with Crippen LogP contribution in [0.15, 0.2) is 60.7 Å². The Morgan fingerprint density at radius 1 is 0.614 bits per heavy atom. The third kappa shape index (κ3) is 13.9. The normalized spacial score (nSPS) is 18.8. The molecular formula is C42H60N6O9. The molecule has 8 N–H and O–H groups in total. The Balaban J connectivity index is 1.42. The summed E-state index contributed by atoms with van der Waals surface area (Å²) >= 11 is 0. The Bertz CT molecular complexity index is 1610. The molecular weight excluding hydrogens is 732 g/mol. The molecule has 2 aromatic rings. The van der Waals surface area contributed by atoms with E-state index in [1.807, 2.05) is 60.7 Å². The number of unbranched alkanes of at least 4 members (excludes halogenated alkanes) is 2. The van der Waals surface area contributed by atoms with Crippen molar-refractivity contribution in [2.75, 3.05) is 26.2 Å². The molecule has 2 heterocycles. The van der Waals surface area contributed by atoms with Crippen molar-refractivity contribution in [1.29, 1.82) is 0 Å². The zero-order valence-corrected chi connectivity index (χ0v) is 32.7. The number of carboxylic acids is 3. The van der Waals surface area contributed by atoms with Gasteiger partial charge in [0.25, 0.3) is 0 Å². The Kier molecular flexibility index (Phi) is 18.4. The first-order chi connectivity index (χ1) is 27.5. The van der Waals surface area contributed by atoms with Crippen molar-refractivity contribution in [1.82, 2.24) is 25.8 Å². The minimum atomic E-state index is -1.11. The summed E-state index contributed by atoms with van der Waals surface area (Å²) in [5, 5.41) is 38.9. The summed E-state index contributed by atoms with van der Waals surface area (Å²) in [6.45, 7) is 1.28. The highest BCUT2D eigenvalue weighted by Gasteiger charge is 2.39. The van der Waals surface area contributed by atoms with Crippen LogP contribution in [0.4, 0.5) is 0 Å². The summed E-state index contributed by atoms with van der Waals surface area (Å²) in [6, 6.07) is 13.6. The van der Waals surface area contributed by atoms with Crippen molar-refractivity contribution < 1.29 is 44.1 Å². The molecule has 0 aliphatic carbocycles. The van der Waals surface area contributed by atoms with Crippen molar-refractivity contribution in [3.8, 4) is 0 Å². The van der Waals surface area contributed by atoms with Gasteiger partial charge in [0.1, 0.15) is 18.1 Å². The van der Waals surface area contributed by atoms with Crippen LogP contribution in [0.25, 0.3) is 0 Å². The number of hydrogen-bond acceptors (Lipinski definition) is 9. The van der Waals surface area contributed by atoms with Crippen LogP contribution in [0.5, 0.6) is 0 Å². The standard InChI is InChI=1S/C42H60N6O9/c43-25-9-7-17-32(38(50)47-27-11-19-35(47)41(54)55)45-31(23-21-29-13-3-1-4-14-29)37(49)44-26-10-8-18-33(39(51)48-28-12-20-36(48)42(56)57)46-34(40(52)53)24-22-30-15-5-2-6-16-30/h1-6,13-16,31-36,45-46H,7-12,17-28,43H2,(H,44,49)(H,52,53)(H,54,55)(H,56,57)/t31-,32-,33-,34+,35-,36-/m1/s1. The van der Waals surface area contributed by atoms with Gasteiger partial charge < -0.3 is 36.2 Å². The molecule has 15 heteroatoms. The fraction of sp³-hybridized carbons (Fsp3) is 0.571. The number of nitrogens with one attached hydrogen (secondary N) is 3. The molecule has 2 aromatic carbocycles. The first kappa shape index (κ1) is 44.8. The number of amides is 3. The molecule has 312 valence electrons. The zero-order valence-electron chi connectivity index (χ0n) is 32.7. The number of benzene rings is 2. The number of nitrogens with zero attached hydrogens (tertiary/aromatic N) is 2. The summed E-state index contributed by atoms with van der Waals surface area (Å²) in [7, 11) is 0. The van der Waals surface area contributed by atoms with Crippen LogP contribution in [0, 0.1) is 0 Å². The first-order valence-corrected chi connectivity index (χ1v) is 20.4. The maximum atomic E-state index is 13.8. The van der Waals surface area contributed by atoms with E-state index in [9.17, 15) is 44.1 Å². The Morgan fingerprint density at radius 3 is 1.53 bits per heavy atom. The summed E-state index contributed by atoms with van der Waals surface area (Å²) in [5.41, 5.74) is 7.71. The molecule has 0 aromatic heterocycles. The van der Waals surface area contributed by atoms with E-state index in [-0.39, 0.29) is 37.7 Å². The van der Waals surface area contributed by atoms with Crippen LogP contribution in [0.1, 0.15) is 88.2 Å². The fourth-order valence-electron chi connectivity index (χ4n) is 7.80. The van der Waals surface area contributed by atoms with Crippen molar-refractivity contribution in [3.63, 3.8) is 0 Å². The number of carboxylic acid groups (broad SMARTS) is 3. The van der Waals surface area contributed by atoms with Crippen LogP contribution in [0.2, 0.25) is 0 Å². The monoisotopic (exact) mass is 792 g/mol. The smallest absolute Gasteiger partial charge is 0.326 e. The number of aryl methyl sites for hydroxylation is 2. The van der Waals surface area contributed by atoms with Gasteiger partial charge in [0.05, 0.1) is 18.1 Å². The van der Waals surface area contributed by atoms with Crippen molar-refractivity contribution >= 4 is 35.6 Å². The number of hydrogen-bond donors (Lipinski definition) is 7. The third-order valence-corrected chi connectivity index (χ3v) is 11.0. The van der Waals surface area contributed by atoms with Crippen LogP contribution in [0.3, 0.4) is 0 Å². The average Bonchev–Trinajstić information content (AvgIpc) is 3.91. The third-order valence-electron chi connectivity index (χ3n) is 11.0. The van der Waals surface area contributed by atoms with Gasteiger partial charge in [-0.3, -0.25) is 29.8 Å². The highest BCUT2D eigenvalue weighted by atomic mass is 16.4. The molecule has 2 aliphatic rings. The Labute approximate surface area is 334 Å². The molecule has 2 saturated heterocycles. The van der Waals surface area contributed by atoms with E-state index in [2.05, 4.69) is 16.0 Å². The van der Waals surface area contributed by atoms with Gasteiger partial charge in [0, 0.05) is 19.6 Å². The lowest BCUT2D eigenvalue weighted by Crippen LogP contribution is -2.56. The average molecular weight is 793 g/mol. The number of carbonyl (C=O) groups excluding carboxylic acids is 3. The van der Waals surface area contributed by atoms with E-state index in [4.69, 9.17) is 5.73 Å². The maximum Gasteiger partial charge on any atom is 0.326 e. The molecule has 0 saturated carbocycles. The second kappa shape index (κ2) is 23.4. The van der Waals surface area contributed by atoms with Gasteiger partial charge in [-0.2, -0.15) is 0 Å². The molecule has 57 heavy (non-hydrogen) atoms. The number of carbonyl (C=O) groups is 6. The number of nitrogens with two attached hydrogens (primary N) is 1. The van der Waals surface area contributed by atoms with Crippen LogP contribution in [-0.4, -0.2) is 123 Å². The van der Waals surface area contributed by atoms with Gasteiger partial charge in [-0.15, -0.1) is 0 Å². The molecule has 6 atom stereocenters. The van der Waals surface area contributed by atoms with E-state index in [0.717, 1.165) is 11.1 Å². The molecule has 3 amide bonds. The number of likely N-dealkylation sites (tertiary alicyclic amines) is 2. The topological polar surface area (TPSA) is 232 Å². The Hall–Kier alpha value is -4.86. The molecule has 0 unspecified atom stereocenters. The van der Waals surface area contributed by atoms with Gasteiger partial charge in [-0.1, -0.05) is 67.1 Å². The lowest BCUT2D eigenvalue weighted by Gasteiger charge is -2.30. The Morgan fingerprint density at radius 2 is 1.07 bits per heavy atom. The van der Waals surface area contributed by atoms with Crippen LogP contribution in [-0.2, 0) is 41.6 Å². The highest BCUT2D eigenvalue weighted by Crippen LogP contribution is 2.22. The molecule has 0 bridgehead atoms. The number of rotatable bonds is 25. The van der Waals surface area contributed by atoms with E-state index in [1.54, 1.807) is 0 Å². The van der Waals surface area contributed by atoms with Crippen LogP contribution >= 0.6 is 0 Å². The molecule has 2 fully saturated rings. The van der Waals surface area contributed by atoms with Gasteiger partial charge in [-0.05, 0) is 101 Å². The summed E-state index contributed by atoms with van der Waals surface area (Å²) in [4.78, 5) is 80.4. The summed E-state index contributed by atoms with van der Waals surface area (Å²) in [5.74, 6) is -4.37. The van der Waals surface area contributed by atoms with Crippen molar-refractivity contribution in [2.24, 2.45) is 5.73 Å². The van der Waals surface area contributed by atoms with Crippen molar-refractivity contribution in [2.45, 2.75) is 126 Å².